The zero-order valence-corrected chi connectivity index (χ0v) is 19.5. The second-order valence-corrected chi connectivity index (χ2v) is 8.52. The summed E-state index contributed by atoms with van der Waals surface area (Å²) in [6.07, 6.45) is 0.650. The summed E-state index contributed by atoms with van der Waals surface area (Å²) in [7, 11) is 0. The highest BCUT2D eigenvalue weighted by Crippen LogP contribution is 2.18. The average Bonchev–Trinajstić information content (AvgIpc) is 2.87. The Labute approximate surface area is 199 Å². The van der Waals surface area contributed by atoms with E-state index in [2.05, 4.69) is 22.1 Å². The van der Waals surface area contributed by atoms with Crippen LogP contribution in [0.15, 0.2) is 53.5 Å². The first-order valence-corrected chi connectivity index (χ1v) is 11.6. The third kappa shape index (κ3) is 5.92. The van der Waals surface area contributed by atoms with E-state index in [9.17, 15) is 9.90 Å². The van der Waals surface area contributed by atoms with Crippen LogP contribution in [0.2, 0.25) is 0 Å². The molecule has 0 spiro atoms. The maximum Gasteiger partial charge on any atom is 0.196 e. The summed E-state index contributed by atoms with van der Waals surface area (Å²) in [5.41, 5.74) is 3.71. The van der Waals surface area contributed by atoms with Gasteiger partial charge in [0.05, 0.1) is 24.3 Å². The fraction of sp³-hybridized carbons (Fsp3) is 0.370. The van der Waals surface area contributed by atoms with E-state index in [1.165, 1.54) is 5.56 Å². The number of benzene rings is 2. The molecule has 3 aromatic rings. The van der Waals surface area contributed by atoms with Gasteiger partial charge in [0, 0.05) is 49.9 Å². The number of aromatic nitrogens is 1. The molecule has 0 bridgehead atoms. The first-order chi connectivity index (χ1) is 16.5. The monoisotopic (exact) mass is 461 g/mol. The van der Waals surface area contributed by atoms with Gasteiger partial charge in [0.25, 0.3) is 0 Å². The number of nitrogens with zero attached hydrogens (tertiary/aromatic N) is 2. The van der Waals surface area contributed by atoms with Gasteiger partial charge in [-0.2, -0.15) is 0 Å². The van der Waals surface area contributed by atoms with Crippen molar-refractivity contribution in [2.24, 2.45) is 0 Å². The SMILES string of the molecule is Cc1ccc(CNC(O)c2cn(CCN3CCOCC3)c3ccc(C#CCO)cc3c2=O)cc1. The minimum absolute atomic E-state index is 0.228. The molecule has 2 heterocycles. The van der Waals surface area contributed by atoms with Crippen LogP contribution in [-0.2, 0) is 17.8 Å². The van der Waals surface area contributed by atoms with Crippen molar-refractivity contribution in [3.63, 3.8) is 0 Å². The van der Waals surface area contributed by atoms with Crippen molar-refractivity contribution in [1.29, 1.82) is 0 Å². The number of aliphatic hydroxyl groups excluding tert-OH is 2. The van der Waals surface area contributed by atoms with Crippen LogP contribution in [0.4, 0.5) is 0 Å². The summed E-state index contributed by atoms with van der Waals surface area (Å²) in [5.74, 6) is 5.50. The summed E-state index contributed by atoms with van der Waals surface area (Å²) in [6, 6.07) is 13.5. The normalized spacial score (nSPS) is 15.1. The second kappa shape index (κ2) is 11.4. The number of hydrogen-bond donors (Lipinski definition) is 3. The Morgan fingerprint density at radius 3 is 2.62 bits per heavy atom. The first-order valence-electron chi connectivity index (χ1n) is 11.6. The molecule has 4 rings (SSSR count). The molecular formula is C27H31N3O4. The van der Waals surface area contributed by atoms with Gasteiger partial charge in [0.1, 0.15) is 12.8 Å². The molecule has 178 valence electrons. The molecule has 2 aromatic carbocycles. The van der Waals surface area contributed by atoms with E-state index in [0.717, 1.165) is 43.9 Å². The highest BCUT2D eigenvalue weighted by molar-refractivity contribution is 5.81. The maximum absolute atomic E-state index is 13.4. The number of pyridine rings is 1. The quantitative estimate of drug-likeness (QED) is 0.367. The van der Waals surface area contributed by atoms with E-state index in [0.29, 0.717) is 29.6 Å². The van der Waals surface area contributed by atoms with Crippen molar-refractivity contribution in [2.45, 2.75) is 26.2 Å². The third-order valence-corrected chi connectivity index (χ3v) is 6.10. The fourth-order valence-corrected chi connectivity index (χ4v) is 4.12. The van der Waals surface area contributed by atoms with Gasteiger partial charge in [0.2, 0.25) is 0 Å². The third-order valence-electron chi connectivity index (χ3n) is 6.10. The number of aryl methyl sites for hydroxylation is 1. The molecule has 1 aliphatic rings. The number of ether oxygens (including phenoxy) is 1. The summed E-state index contributed by atoms with van der Waals surface area (Å²) in [6.45, 7) is 6.93. The van der Waals surface area contributed by atoms with Crippen LogP contribution < -0.4 is 10.7 Å². The number of rotatable bonds is 7. The smallest absolute Gasteiger partial charge is 0.196 e. The highest BCUT2D eigenvalue weighted by atomic mass is 16.5. The minimum Gasteiger partial charge on any atom is -0.384 e. The number of nitrogens with one attached hydrogen (secondary N) is 1. The van der Waals surface area contributed by atoms with Gasteiger partial charge in [-0.1, -0.05) is 41.7 Å². The van der Waals surface area contributed by atoms with E-state index >= 15 is 0 Å². The Bertz CT molecular complexity index is 1230. The standard InChI is InChI=1S/C27H31N3O4/c1-20-4-6-22(7-5-20)18-28-27(33)24-19-30(11-10-29-12-15-34-16-13-29)25-9-8-21(3-2-14-31)17-23(25)26(24)32/h4-9,17,19,27-28,31,33H,10-16,18H2,1H3. The van der Waals surface area contributed by atoms with Crippen molar-refractivity contribution in [1.82, 2.24) is 14.8 Å². The molecule has 0 amide bonds. The average molecular weight is 462 g/mol. The predicted octanol–water partition coefficient (Wildman–Crippen LogP) is 1.77. The zero-order chi connectivity index (χ0) is 23.9. The zero-order valence-electron chi connectivity index (χ0n) is 19.5. The Balaban J connectivity index is 1.64. The number of hydrogen-bond acceptors (Lipinski definition) is 6. The lowest BCUT2D eigenvalue weighted by atomic mass is 10.1. The molecule has 0 aliphatic carbocycles. The molecule has 1 saturated heterocycles. The van der Waals surface area contributed by atoms with E-state index in [4.69, 9.17) is 9.84 Å². The summed E-state index contributed by atoms with van der Waals surface area (Å²) in [5, 5.41) is 23.5. The van der Waals surface area contributed by atoms with Gasteiger partial charge in [-0.15, -0.1) is 0 Å². The van der Waals surface area contributed by atoms with Crippen LogP contribution in [0.5, 0.6) is 0 Å². The molecule has 1 unspecified atom stereocenters. The van der Waals surface area contributed by atoms with Gasteiger partial charge < -0.3 is 19.5 Å². The van der Waals surface area contributed by atoms with Crippen molar-refractivity contribution in [3.05, 3.63) is 81.1 Å². The lowest BCUT2D eigenvalue weighted by Crippen LogP contribution is -2.38. The largest absolute Gasteiger partial charge is 0.384 e. The van der Waals surface area contributed by atoms with E-state index in [1.54, 1.807) is 12.3 Å². The van der Waals surface area contributed by atoms with Gasteiger partial charge in [-0.25, -0.2) is 0 Å². The number of fused-ring (bicyclic) bond motifs is 1. The summed E-state index contributed by atoms with van der Waals surface area (Å²) < 4.78 is 7.47. The van der Waals surface area contributed by atoms with E-state index in [-0.39, 0.29) is 12.0 Å². The van der Waals surface area contributed by atoms with Gasteiger partial charge in [-0.3, -0.25) is 15.0 Å². The van der Waals surface area contributed by atoms with E-state index < -0.39 is 6.23 Å². The predicted molar refractivity (Wildman–Crippen MR) is 132 cm³/mol. The van der Waals surface area contributed by atoms with Crippen LogP contribution >= 0.6 is 0 Å². The van der Waals surface area contributed by atoms with E-state index in [1.807, 2.05) is 47.9 Å². The lowest BCUT2D eigenvalue weighted by Gasteiger charge is -2.27. The van der Waals surface area contributed by atoms with Crippen molar-refractivity contribution in [3.8, 4) is 11.8 Å². The topological polar surface area (TPSA) is 87.0 Å². The molecule has 7 heteroatoms. The van der Waals surface area contributed by atoms with Crippen LogP contribution in [0.1, 0.15) is 28.5 Å². The number of morpholine rings is 1. The van der Waals surface area contributed by atoms with Crippen LogP contribution in [-0.4, -0.2) is 59.1 Å². The Morgan fingerprint density at radius 2 is 1.88 bits per heavy atom. The number of aliphatic hydroxyl groups is 2. The molecule has 1 aliphatic heterocycles. The highest BCUT2D eigenvalue weighted by Gasteiger charge is 2.17. The first kappa shape index (κ1) is 24.1. The van der Waals surface area contributed by atoms with Crippen molar-refractivity contribution >= 4 is 10.9 Å². The molecule has 1 aromatic heterocycles. The van der Waals surface area contributed by atoms with Gasteiger partial charge >= 0.3 is 0 Å². The Kier molecular flexibility index (Phi) is 8.12. The molecule has 3 N–H and O–H groups in total. The molecule has 0 saturated carbocycles. The van der Waals surface area contributed by atoms with Crippen molar-refractivity contribution < 1.29 is 14.9 Å². The van der Waals surface area contributed by atoms with Crippen LogP contribution in [0, 0.1) is 18.8 Å². The van der Waals surface area contributed by atoms with Gasteiger partial charge in [-0.05, 0) is 30.7 Å². The minimum atomic E-state index is -1.11. The lowest BCUT2D eigenvalue weighted by molar-refractivity contribution is 0.0365. The molecule has 34 heavy (non-hydrogen) atoms. The molecule has 0 radical (unpaired) electrons. The van der Waals surface area contributed by atoms with Crippen LogP contribution in [0.3, 0.4) is 0 Å². The molecular weight excluding hydrogens is 430 g/mol. The van der Waals surface area contributed by atoms with Crippen LogP contribution in [0.25, 0.3) is 10.9 Å². The fourth-order valence-electron chi connectivity index (χ4n) is 4.12. The summed E-state index contributed by atoms with van der Waals surface area (Å²) >= 11 is 0. The molecule has 1 atom stereocenters. The summed E-state index contributed by atoms with van der Waals surface area (Å²) in [4.78, 5) is 15.7. The second-order valence-electron chi connectivity index (χ2n) is 8.52. The molecule has 1 fully saturated rings. The van der Waals surface area contributed by atoms with Gasteiger partial charge in [0.15, 0.2) is 5.43 Å². The Morgan fingerprint density at radius 1 is 1.12 bits per heavy atom. The maximum atomic E-state index is 13.4. The Hall–Kier alpha value is -2.99. The molecule has 7 nitrogen and oxygen atoms in total. The van der Waals surface area contributed by atoms with Crippen molar-refractivity contribution in [2.75, 3.05) is 39.5 Å².